The van der Waals surface area contributed by atoms with Crippen molar-refractivity contribution < 1.29 is 9.47 Å². The zero-order valence-corrected chi connectivity index (χ0v) is 11.0. The first-order valence-electron chi connectivity index (χ1n) is 6.75. The van der Waals surface area contributed by atoms with Gasteiger partial charge in [0, 0.05) is 6.20 Å². The molecule has 3 heterocycles. The van der Waals surface area contributed by atoms with Gasteiger partial charge in [0.05, 0.1) is 5.69 Å². The van der Waals surface area contributed by atoms with Crippen molar-refractivity contribution in [2.24, 2.45) is 0 Å². The van der Waals surface area contributed by atoms with Crippen LogP contribution in [0.3, 0.4) is 0 Å². The van der Waals surface area contributed by atoms with Gasteiger partial charge in [0.25, 0.3) is 0 Å². The lowest BCUT2D eigenvalue weighted by Gasteiger charge is -2.36. The average Bonchev–Trinajstić information content (AvgIpc) is 2.54. The zero-order chi connectivity index (χ0) is 13.8. The molecule has 0 N–H and O–H groups in total. The van der Waals surface area contributed by atoms with E-state index in [1.807, 2.05) is 54.6 Å². The molecule has 0 bridgehead atoms. The van der Waals surface area contributed by atoms with Gasteiger partial charge in [0.1, 0.15) is 5.69 Å². The van der Waals surface area contributed by atoms with Crippen molar-refractivity contribution >= 4 is 17.2 Å². The SMILES string of the molecule is c1ccc2c(c1)Oc1cccc3c1N2c1ncccc1O3. The molecule has 100 valence electrons. The van der Waals surface area contributed by atoms with Gasteiger partial charge in [-0.25, -0.2) is 4.98 Å². The van der Waals surface area contributed by atoms with Crippen LogP contribution in [0.15, 0.2) is 60.8 Å². The molecule has 3 aromatic rings. The standard InChI is InChI=1S/C17H10N2O2/c1-2-6-12-11(5-1)19-16-13(20-12)7-3-8-14(16)21-15-9-4-10-18-17(15)19/h1-10H. The van der Waals surface area contributed by atoms with Gasteiger partial charge in [-0.1, -0.05) is 18.2 Å². The van der Waals surface area contributed by atoms with E-state index >= 15 is 0 Å². The molecule has 0 saturated heterocycles. The molecule has 4 nitrogen and oxygen atoms in total. The second kappa shape index (κ2) is 3.76. The van der Waals surface area contributed by atoms with E-state index in [9.17, 15) is 0 Å². The molecular formula is C17H10N2O2. The number of pyridine rings is 1. The Morgan fingerprint density at radius 1 is 0.714 bits per heavy atom. The number of rotatable bonds is 0. The molecule has 4 heteroatoms. The first kappa shape index (κ1) is 10.7. The Labute approximate surface area is 121 Å². The van der Waals surface area contributed by atoms with Crippen molar-refractivity contribution in [1.82, 2.24) is 4.98 Å². The number of fused-ring (bicyclic) bond motifs is 4. The van der Waals surface area contributed by atoms with E-state index in [-0.39, 0.29) is 0 Å². The molecule has 5 rings (SSSR count). The minimum absolute atomic E-state index is 0.749. The largest absolute Gasteiger partial charge is 0.453 e. The molecule has 0 unspecified atom stereocenters. The minimum Gasteiger partial charge on any atom is -0.453 e. The Balaban J connectivity index is 1.88. The number of hydrogen-bond acceptors (Lipinski definition) is 4. The first-order valence-corrected chi connectivity index (χ1v) is 6.75. The van der Waals surface area contributed by atoms with Gasteiger partial charge in [0.15, 0.2) is 28.8 Å². The summed E-state index contributed by atoms with van der Waals surface area (Å²) in [6.07, 6.45) is 1.77. The predicted octanol–water partition coefficient (Wildman–Crippen LogP) is 4.76. The van der Waals surface area contributed by atoms with E-state index in [2.05, 4.69) is 9.88 Å². The molecule has 21 heavy (non-hydrogen) atoms. The summed E-state index contributed by atoms with van der Waals surface area (Å²) in [7, 11) is 0. The number of hydrogen-bond donors (Lipinski definition) is 0. The summed E-state index contributed by atoms with van der Waals surface area (Å²) >= 11 is 0. The molecule has 0 atom stereocenters. The molecule has 0 spiro atoms. The molecule has 0 saturated carbocycles. The van der Waals surface area contributed by atoms with Crippen LogP contribution < -0.4 is 14.4 Å². The summed E-state index contributed by atoms with van der Waals surface area (Å²) in [6, 6.07) is 17.6. The van der Waals surface area contributed by atoms with Crippen molar-refractivity contribution in [2.75, 3.05) is 4.90 Å². The lowest BCUT2D eigenvalue weighted by Crippen LogP contribution is -2.21. The van der Waals surface area contributed by atoms with Crippen LogP contribution in [0.4, 0.5) is 17.2 Å². The smallest absolute Gasteiger partial charge is 0.181 e. The quantitative estimate of drug-likeness (QED) is 0.407. The normalized spacial score (nSPS) is 13.4. The van der Waals surface area contributed by atoms with Crippen LogP contribution in [-0.4, -0.2) is 4.98 Å². The van der Waals surface area contributed by atoms with E-state index in [0.717, 1.165) is 40.2 Å². The molecule has 0 radical (unpaired) electrons. The number of ether oxygens (including phenoxy) is 2. The summed E-state index contributed by atoms with van der Waals surface area (Å²) in [5.41, 5.74) is 1.88. The van der Waals surface area contributed by atoms with Gasteiger partial charge in [-0.2, -0.15) is 0 Å². The van der Waals surface area contributed by atoms with Gasteiger partial charge in [0.2, 0.25) is 0 Å². The van der Waals surface area contributed by atoms with Crippen LogP contribution in [0, 0.1) is 0 Å². The van der Waals surface area contributed by atoms with Gasteiger partial charge in [-0.3, -0.25) is 4.90 Å². The summed E-state index contributed by atoms with van der Waals surface area (Å²) < 4.78 is 11.9. The second-order valence-electron chi connectivity index (χ2n) is 4.94. The minimum atomic E-state index is 0.749. The molecular weight excluding hydrogens is 264 g/mol. The maximum absolute atomic E-state index is 5.99. The monoisotopic (exact) mass is 274 g/mol. The van der Waals surface area contributed by atoms with Gasteiger partial charge >= 0.3 is 0 Å². The third-order valence-electron chi connectivity index (χ3n) is 3.69. The highest BCUT2D eigenvalue weighted by Gasteiger charge is 2.34. The van der Waals surface area contributed by atoms with Gasteiger partial charge in [-0.05, 0) is 36.4 Å². The third-order valence-corrected chi connectivity index (χ3v) is 3.69. The van der Waals surface area contributed by atoms with Gasteiger partial charge < -0.3 is 9.47 Å². The van der Waals surface area contributed by atoms with Crippen LogP contribution in [0.1, 0.15) is 0 Å². The van der Waals surface area contributed by atoms with E-state index < -0.39 is 0 Å². The lowest BCUT2D eigenvalue weighted by atomic mass is 10.1. The van der Waals surface area contributed by atoms with Crippen LogP contribution in [0.5, 0.6) is 23.0 Å². The maximum atomic E-state index is 5.99. The van der Waals surface area contributed by atoms with Crippen molar-refractivity contribution in [3.8, 4) is 23.0 Å². The fourth-order valence-corrected chi connectivity index (χ4v) is 2.82. The lowest BCUT2D eigenvalue weighted by molar-refractivity contribution is 0.444. The second-order valence-corrected chi connectivity index (χ2v) is 4.94. The Morgan fingerprint density at radius 3 is 2.33 bits per heavy atom. The van der Waals surface area contributed by atoms with Crippen molar-refractivity contribution in [3.05, 3.63) is 60.8 Å². The number of anilines is 3. The molecule has 0 fully saturated rings. The summed E-state index contributed by atoms with van der Waals surface area (Å²) in [5.74, 6) is 3.91. The van der Waals surface area contributed by atoms with Crippen molar-refractivity contribution in [3.63, 3.8) is 0 Å². The first-order chi connectivity index (χ1) is 10.4. The molecule has 0 aliphatic carbocycles. The highest BCUT2D eigenvalue weighted by Crippen LogP contribution is 2.58. The van der Waals surface area contributed by atoms with Gasteiger partial charge in [-0.15, -0.1) is 0 Å². The number of aromatic nitrogens is 1. The fraction of sp³-hybridized carbons (Fsp3) is 0. The highest BCUT2D eigenvalue weighted by atomic mass is 16.5. The molecule has 2 aliphatic heterocycles. The third kappa shape index (κ3) is 1.36. The van der Waals surface area contributed by atoms with Crippen LogP contribution in [0.25, 0.3) is 0 Å². The number of benzene rings is 2. The number of nitrogens with zero attached hydrogens (tertiary/aromatic N) is 2. The van der Waals surface area contributed by atoms with Crippen molar-refractivity contribution in [1.29, 1.82) is 0 Å². The van der Waals surface area contributed by atoms with Crippen LogP contribution in [-0.2, 0) is 0 Å². The predicted molar refractivity (Wildman–Crippen MR) is 79.1 cm³/mol. The zero-order valence-electron chi connectivity index (χ0n) is 11.0. The number of para-hydroxylation sites is 3. The maximum Gasteiger partial charge on any atom is 0.181 e. The van der Waals surface area contributed by atoms with E-state index in [1.165, 1.54) is 0 Å². The Morgan fingerprint density at radius 2 is 1.43 bits per heavy atom. The molecule has 0 amide bonds. The summed E-state index contributed by atoms with van der Waals surface area (Å²) in [6.45, 7) is 0. The van der Waals surface area contributed by atoms with Crippen LogP contribution >= 0.6 is 0 Å². The molecule has 1 aromatic heterocycles. The Kier molecular flexibility index (Phi) is 1.92. The summed E-state index contributed by atoms with van der Waals surface area (Å²) in [4.78, 5) is 6.59. The van der Waals surface area contributed by atoms with E-state index in [4.69, 9.17) is 9.47 Å². The van der Waals surface area contributed by atoms with E-state index in [0.29, 0.717) is 0 Å². The molecule has 2 aromatic carbocycles. The Bertz CT molecular complexity index is 808. The molecule has 2 aliphatic rings. The van der Waals surface area contributed by atoms with E-state index in [1.54, 1.807) is 6.20 Å². The fourth-order valence-electron chi connectivity index (χ4n) is 2.82. The van der Waals surface area contributed by atoms with Crippen molar-refractivity contribution in [2.45, 2.75) is 0 Å². The Hall–Kier alpha value is -3.01. The topological polar surface area (TPSA) is 34.6 Å². The van der Waals surface area contributed by atoms with Crippen LogP contribution in [0.2, 0.25) is 0 Å². The summed E-state index contributed by atoms with van der Waals surface area (Å²) in [5, 5.41) is 0. The average molecular weight is 274 g/mol. The highest BCUT2D eigenvalue weighted by molar-refractivity contribution is 5.91.